The summed E-state index contributed by atoms with van der Waals surface area (Å²) in [6.45, 7) is 3.94. The maximum Gasteiger partial charge on any atom is 0.0702 e. The molecular formula is C13H21BrN2OS. The minimum absolute atomic E-state index is 0.113. The molecule has 102 valence electrons. The van der Waals surface area contributed by atoms with Gasteiger partial charge in [0.2, 0.25) is 0 Å². The first kappa shape index (κ1) is 14.5. The molecule has 1 fully saturated rings. The Morgan fingerprint density at radius 3 is 2.94 bits per heavy atom. The standard InChI is InChI=1S/C13H21BrN2OS/c1-9(15)13(12-6-10(14)8-18-12)16(2)7-11-4-3-5-17-11/h6,8-9,11,13H,3-5,7,15H2,1-2H3. The van der Waals surface area contributed by atoms with E-state index in [9.17, 15) is 0 Å². The van der Waals surface area contributed by atoms with Gasteiger partial charge < -0.3 is 10.5 Å². The van der Waals surface area contributed by atoms with Gasteiger partial charge in [-0.2, -0.15) is 0 Å². The summed E-state index contributed by atoms with van der Waals surface area (Å²) in [7, 11) is 2.14. The molecule has 3 nitrogen and oxygen atoms in total. The molecule has 1 aliphatic heterocycles. The molecule has 18 heavy (non-hydrogen) atoms. The monoisotopic (exact) mass is 332 g/mol. The van der Waals surface area contributed by atoms with Crippen molar-refractivity contribution in [2.75, 3.05) is 20.2 Å². The maximum absolute atomic E-state index is 6.16. The highest BCUT2D eigenvalue weighted by atomic mass is 79.9. The van der Waals surface area contributed by atoms with Crippen LogP contribution in [0.25, 0.3) is 0 Å². The highest BCUT2D eigenvalue weighted by Crippen LogP contribution is 2.31. The third-order valence-electron chi connectivity index (χ3n) is 3.37. The summed E-state index contributed by atoms with van der Waals surface area (Å²) in [5.74, 6) is 0. The first-order valence-electron chi connectivity index (χ1n) is 6.39. The summed E-state index contributed by atoms with van der Waals surface area (Å²) in [5.41, 5.74) is 6.16. The van der Waals surface area contributed by atoms with E-state index >= 15 is 0 Å². The molecule has 5 heteroatoms. The van der Waals surface area contributed by atoms with Crippen molar-refractivity contribution in [3.8, 4) is 0 Å². The van der Waals surface area contributed by atoms with Crippen LogP contribution in [0.2, 0.25) is 0 Å². The summed E-state index contributed by atoms with van der Waals surface area (Å²) in [6.07, 6.45) is 2.73. The maximum atomic E-state index is 6.16. The Kier molecular flexibility index (Phi) is 5.21. The van der Waals surface area contributed by atoms with Gasteiger partial charge in [0, 0.05) is 33.9 Å². The van der Waals surface area contributed by atoms with E-state index in [1.165, 1.54) is 17.7 Å². The molecule has 3 atom stereocenters. The average Bonchev–Trinajstić information content (AvgIpc) is 2.90. The van der Waals surface area contributed by atoms with E-state index in [1.54, 1.807) is 11.3 Å². The van der Waals surface area contributed by atoms with E-state index in [4.69, 9.17) is 10.5 Å². The van der Waals surface area contributed by atoms with Crippen LogP contribution in [0.4, 0.5) is 0 Å². The van der Waals surface area contributed by atoms with Gasteiger partial charge in [-0.05, 0) is 48.8 Å². The number of thiophene rings is 1. The van der Waals surface area contributed by atoms with Gasteiger partial charge in [0.1, 0.15) is 0 Å². The third kappa shape index (κ3) is 3.54. The van der Waals surface area contributed by atoms with Crippen molar-refractivity contribution in [3.63, 3.8) is 0 Å². The lowest BCUT2D eigenvalue weighted by Gasteiger charge is -2.31. The molecule has 1 aromatic rings. The van der Waals surface area contributed by atoms with E-state index in [1.807, 2.05) is 0 Å². The normalized spacial score (nSPS) is 23.5. The first-order chi connectivity index (χ1) is 8.58. The zero-order valence-corrected chi connectivity index (χ0v) is 13.3. The van der Waals surface area contributed by atoms with E-state index < -0.39 is 0 Å². The highest BCUT2D eigenvalue weighted by Gasteiger charge is 2.26. The van der Waals surface area contributed by atoms with Crippen molar-refractivity contribution in [1.82, 2.24) is 4.90 Å². The van der Waals surface area contributed by atoms with Gasteiger partial charge in [-0.25, -0.2) is 0 Å². The van der Waals surface area contributed by atoms with Crippen LogP contribution < -0.4 is 5.73 Å². The summed E-state index contributed by atoms with van der Waals surface area (Å²) in [4.78, 5) is 3.65. The van der Waals surface area contributed by atoms with Gasteiger partial charge in [0.25, 0.3) is 0 Å². The summed E-state index contributed by atoms with van der Waals surface area (Å²) in [5, 5.41) is 2.12. The number of nitrogens with zero attached hydrogens (tertiary/aromatic N) is 1. The SMILES string of the molecule is CC(N)C(c1cc(Br)cs1)N(C)CC1CCCO1. The molecule has 0 amide bonds. The van der Waals surface area contributed by atoms with Gasteiger partial charge in [-0.3, -0.25) is 4.90 Å². The third-order valence-corrected chi connectivity index (χ3v) is 5.13. The van der Waals surface area contributed by atoms with Crippen LogP contribution in [-0.4, -0.2) is 37.2 Å². The summed E-state index contributed by atoms with van der Waals surface area (Å²) in [6, 6.07) is 2.55. The summed E-state index contributed by atoms with van der Waals surface area (Å²) < 4.78 is 6.84. The zero-order valence-electron chi connectivity index (χ0n) is 10.9. The highest BCUT2D eigenvalue weighted by molar-refractivity contribution is 9.10. The Bertz CT molecular complexity index is 377. The van der Waals surface area contributed by atoms with E-state index in [0.717, 1.165) is 17.6 Å². The fraction of sp³-hybridized carbons (Fsp3) is 0.692. The minimum atomic E-state index is 0.113. The lowest BCUT2D eigenvalue weighted by molar-refractivity contribution is 0.0648. The molecule has 0 saturated carbocycles. The zero-order chi connectivity index (χ0) is 13.1. The number of rotatable bonds is 5. The molecule has 0 spiro atoms. The van der Waals surface area contributed by atoms with Gasteiger partial charge in [-0.1, -0.05) is 0 Å². The Morgan fingerprint density at radius 1 is 1.67 bits per heavy atom. The predicted molar refractivity (Wildman–Crippen MR) is 80.0 cm³/mol. The van der Waals surface area contributed by atoms with Crippen LogP contribution in [0, 0.1) is 0 Å². The average molecular weight is 333 g/mol. The van der Waals surface area contributed by atoms with Gasteiger partial charge in [-0.15, -0.1) is 11.3 Å². The Labute approximate surface area is 121 Å². The second kappa shape index (κ2) is 6.48. The first-order valence-corrected chi connectivity index (χ1v) is 8.06. The molecule has 1 aliphatic rings. The van der Waals surface area contributed by atoms with Crippen molar-refractivity contribution >= 4 is 27.3 Å². The van der Waals surface area contributed by atoms with E-state index in [0.29, 0.717) is 6.10 Å². The molecule has 3 unspecified atom stereocenters. The lowest BCUT2D eigenvalue weighted by Crippen LogP contribution is -2.40. The number of likely N-dealkylation sites (N-methyl/N-ethyl adjacent to an activating group) is 1. The van der Waals surface area contributed by atoms with Gasteiger partial charge >= 0.3 is 0 Å². The van der Waals surface area contributed by atoms with Crippen LogP contribution >= 0.6 is 27.3 Å². The molecule has 0 bridgehead atoms. The van der Waals surface area contributed by atoms with Crippen molar-refractivity contribution < 1.29 is 4.74 Å². The number of hydrogen-bond donors (Lipinski definition) is 1. The second-order valence-corrected chi connectivity index (χ2v) is 6.90. The fourth-order valence-corrected chi connectivity index (χ4v) is 4.31. The van der Waals surface area contributed by atoms with Gasteiger partial charge in [0.15, 0.2) is 0 Å². The van der Waals surface area contributed by atoms with Crippen LogP contribution in [0.5, 0.6) is 0 Å². The molecular weight excluding hydrogens is 312 g/mol. The lowest BCUT2D eigenvalue weighted by atomic mass is 10.1. The topological polar surface area (TPSA) is 38.5 Å². The largest absolute Gasteiger partial charge is 0.377 e. The van der Waals surface area contributed by atoms with Crippen molar-refractivity contribution in [2.24, 2.45) is 5.73 Å². The summed E-state index contributed by atoms with van der Waals surface area (Å²) >= 11 is 5.28. The molecule has 1 saturated heterocycles. The van der Waals surface area contributed by atoms with Crippen molar-refractivity contribution in [3.05, 3.63) is 20.8 Å². The van der Waals surface area contributed by atoms with Crippen molar-refractivity contribution in [1.29, 1.82) is 0 Å². The van der Waals surface area contributed by atoms with Crippen LogP contribution in [0.15, 0.2) is 15.9 Å². The fourth-order valence-electron chi connectivity index (χ4n) is 2.58. The minimum Gasteiger partial charge on any atom is -0.377 e. The molecule has 1 aromatic heterocycles. The molecule has 0 aromatic carbocycles. The van der Waals surface area contributed by atoms with E-state index in [2.05, 4.69) is 46.2 Å². The molecule has 0 radical (unpaired) electrons. The van der Waals surface area contributed by atoms with E-state index in [-0.39, 0.29) is 12.1 Å². The smallest absolute Gasteiger partial charge is 0.0702 e. The van der Waals surface area contributed by atoms with Crippen LogP contribution in [0.3, 0.4) is 0 Å². The van der Waals surface area contributed by atoms with Crippen LogP contribution in [-0.2, 0) is 4.74 Å². The Morgan fingerprint density at radius 2 is 2.44 bits per heavy atom. The molecule has 2 heterocycles. The Hall–Kier alpha value is 0.0600. The number of ether oxygens (including phenoxy) is 1. The Balaban J connectivity index is 2.04. The second-order valence-electron chi connectivity index (χ2n) is 5.05. The number of nitrogens with two attached hydrogens (primary N) is 1. The quantitative estimate of drug-likeness (QED) is 0.900. The molecule has 0 aliphatic carbocycles. The molecule has 2 rings (SSSR count). The number of hydrogen-bond acceptors (Lipinski definition) is 4. The predicted octanol–water partition coefficient (Wildman–Crippen LogP) is 3.01. The molecule has 2 N–H and O–H groups in total. The number of halogens is 1. The van der Waals surface area contributed by atoms with Crippen molar-refractivity contribution in [2.45, 2.75) is 38.0 Å². The van der Waals surface area contributed by atoms with Gasteiger partial charge in [0.05, 0.1) is 12.1 Å². The van der Waals surface area contributed by atoms with Crippen LogP contribution in [0.1, 0.15) is 30.7 Å².